The van der Waals surface area contributed by atoms with Gasteiger partial charge in [0.05, 0.1) is 0 Å². The van der Waals surface area contributed by atoms with E-state index in [0.717, 1.165) is 0 Å². The Labute approximate surface area is 117 Å². The lowest BCUT2D eigenvalue weighted by Crippen LogP contribution is -2.35. The SMILES string of the molecule is CC(C)CC(NP(=O)(Cl)Oc1ccccc1)C(=O)O. The van der Waals surface area contributed by atoms with Crippen molar-refractivity contribution in [3.05, 3.63) is 30.3 Å². The average Bonchev–Trinajstić information content (AvgIpc) is 2.27. The largest absolute Gasteiger partial charge is 0.480 e. The number of hydrogen-bond donors (Lipinski definition) is 2. The molecule has 7 heteroatoms. The lowest BCUT2D eigenvalue weighted by atomic mass is 10.1. The molecule has 2 N–H and O–H groups in total. The topological polar surface area (TPSA) is 75.6 Å². The summed E-state index contributed by atoms with van der Waals surface area (Å²) in [6.07, 6.45) is 0.310. The Bertz CT molecular complexity index is 466. The Morgan fingerprint density at radius 3 is 2.47 bits per heavy atom. The van der Waals surface area contributed by atoms with Gasteiger partial charge in [0.2, 0.25) is 0 Å². The van der Waals surface area contributed by atoms with Crippen LogP contribution in [-0.2, 0) is 9.36 Å². The fourth-order valence-electron chi connectivity index (χ4n) is 1.51. The second kappa shape index (κ2) is 6.94. The molecule has 1 aromatic rings. The van der Waals surface area contributed by atoms with E-state index in [-0.39, 0.29) is 5.92 Å². The van der Waals surface area contributed by atoms with Crippen LogP contribution in [0, 0.1) is 5.92 Å². The molecule has 1 rings (SSSR count). The van der Waals surface area contributed by atoms with Crippen LogP contribution < -0.4 is 9.61 Å². The fourth-order valence-corrected chi connectivity index (χ4v) is 3.14. The Morgan fingerprint density at radius 2 is 2.00 bits per heavy atom. The van der Waals surface area contributed by atoms with Crippen LogP contribution in [0.1, 0.15) is 20.3 Å². The van der Waals surface area contributed by atoms with E-state index in [2.05, 4.69) is 5.09 Å². The van der Waals surface area contributed by atoms with E-state index in [1.54, 1.807) is 30.3 Å². The molecular weight excluding hydrogens is 289 g/mol. The normalized spacial score (nSPS) is 15.8. The molecule has 0 spiro atoms. The third-order valence-electron chi connectivity index (χ3n) is 2.28. The predicted octanol–water partition coefficient (Wildman–Crippen LogP) is 3.50. The zero-order valence-electron chi connectivity index (χ0n) is 10.7. The first-order valence-electron chi connectivity index (χ1n) is 5.85. The molecule has 19 heavy (non-hydrogen) atoms. The third kappa shape index (κ3) is 6.10. The number of carboxylic acids is 1. The van der Waals surface area contributed by atoms with Crippen molar-refractivity contribution < 1.29 is 19.0 Å². The highest BCUT2D eigenvalue weighted by Gasteiger charge is 2.30. The highest BCUT2D eigenvalue weighted by atomic mass is 35.7. The molecule has 0 amide bonds. The van der Waals surface area contributed by atoms with Crippen molar-refractivity contribution >= 4 is 24.1 Å². The van der Waals surface area contributed by atoms with Crippen molar-refractivity contribution in [3.63, 3.8) is 0 Å². The summed E-state index contributed by atoms with van der Waals surface area (Å²) >= 11 is 5.75. The van der Waals surface area contributed by atoms with Crippen LogP contribution >= 0.6 is 18.1 Å². The van der Waals surface area contributed by atoms with Gasteiger partial charge >= 0.3 is 12.8 Å². The van der Waals surface area contributed by atoms with E-state index in [9.17, 15) is 9.36 Å². The minimum Gasteiger partial charge on any atom is -0.480 e. The Kier molecular flexibility index (Phi) is 5.85. The summed E-state index contributed by atoms with van der Waals surface area (Å²) in [5.41, 5.74) is 0. The van der Waals surface area contributed by atoms with Crippen LogP contribution in [-0.4, -0.2) is 17.1 Å². The zero-order valence-corrected chi connectivity index (χ0v) is 12.4. The number of nitrogens with one attached hydrogen (secondary N) is 1. The molecule has 0 aliphatic carbocycles. The summed E-state index contributed by atoms with van der Waals surface area (Å²) < 4.78 is 17.2. The first-order valence-corrected chi connectivity index (χ1v) is 8.38. The van der Waals surface area contributed by atoms with Gasteiger partial charge in [-0.2, -0.15) is 0 Å². The van der Waals surface area contributed by atoms with E-state index < -0.39 is 18.9 Å². The van der Waals surface area contributed by atoms with Gasteiger partial charge in [0.15, 0.2) is 0 Å². The number of para-hydroxylation sites is 1. The lowest BCUT2D eigenvalue weighted by molar-refractivity contribution is -0.139. The van der Waals surface area contributed by atoms with Gasteiger partial charge in [-0.3, -0.25) is 4.79 Å². The Hall–Kier alpha value is -1.03. The lowest BCUT2D eigenvalue weighted by Gasteiger charge is -2.20. The van der Waals surface area contributed by atoms with Gasteiger partial charge in [0.25, 0.3) is 0 Å². The van der Waals surface area contributed by atoms with E-state index in [1.165, 1.54) is 0 Å². The van der Waals surface area contributed by atoms with Gasteiger partial charge in [0.1, 0.15) is 11.8 Å². The smallest absolute Gasteiger partial charge is 0.409 e. The molecule has 0 aromatic heterocycles. The summed E-state index contributed by atoms with van der Waals surface area (Å²) in [6, 6.07) is 7.36. The van der Waals surface area contributed by atoms with Crippen molar-refractivity contribution in [2.75, 3.05) is 0 Å². The molecule has 0 radical (unpaired) electrons. The van der Waals surface area contributed by atoms with Crippen LogP contribution in [0.3, 0.4) is 0 Å². The minimum atomic E-state index is -3.74. The summed E-state index contributed by atoms with van der Waals surface area (Å²) in [5.74, 6) is -0.657. The van der Waals surface area contributed by atoms with Gasteiger partial charge in [-0.15, -0.1) is 0 Å². The summed E-state index contributed by atoms with van der Waals surface area (Å²) in [4.78, 5) is 11.1. The first-order chi connectivity index (χ1) is 8.80. The maximum absolute atomic E-state index is 12.0. The fraction of sp³-hybridized carbons (Fsp3) is 0.417. The average molecular weight is 306 g/mol. The molecule has 0 saturated heterocycles. The number of carbonyl (C=O) groups is 1. The van der Waals surface area contributed by atoms with Crippen LogP contribution in [0.25, 0.3) is 0 Å². The molecule has 0 heterocycles. The van der Waals surface area contributed by atoms with Crippen molar-refractivity contribution in [3.8, 4) is 5.75 Å². The van der Waals surface area contributed by atoms with E-state index >= 15 is 0 Å². The highest BCUT2D eigenvalue weighted by molar-refractivity contribution is 7.84. The molecule has 0 aliphatic rings. The minimum absolute atomic E-state index is 0.127. The van der Waals surface area contributed by atoms with Gasteiger partial charge in [-0.05, 0) is 24.5 Å². The second-order valence-electron chi connectivity index (χ2n) is 4.53. The summed E-state index contributed by atoms with van der Waals surface area (Å²) in [6.45, 7) is 0.000471. The van der Waals surface area contributed by atoms with Crippen LogP contribution in [0.5, 0.6) is 5.75 Å². The quantitative estimate of drug-likeness (QED) is 0.754. The van der Waals surface area contributed by atoms with Gasteiger partial charge < -0.3 is 9.63 Å². The molecule has 1 aromatic carbocycles. The molecular formula is C12H17ClNO4P. The van der Waals surface area contributed by atoms with E-state index in [4.69, 9.17) is 20.9 Å². The molecule has 0 aliphatic heterocycles. The monoisotopic (exact) mass is 305 g/mol. The predicted molar refractivity (Wildman–Crippen MR) is 74.5 cm³/mol. The highest BCUT2D eigenvalue weighted by Crippen LogP contribution is 2.48. The van der Waals surface area contributed by atoms with Crippen LogP contribution in [0.4, 0.5) is 0 Å². The number of carboxylic acid groups (broad SMARTS) is 1. The number of hydrogen-bond acceptors (Lipinski definition) is 3. The molecule has 2 unspecified atom stereocenters. The third-order valence-corrected chi connectivity index (χ3v) is 3.85. The van der Waals surface area contributed by atoms with Crippen molar-refractivity contribution in [2.45, 2.75) is 26.3 Å². The Balaban J connectivity index is 2.71. The molecule has 0 bridgehead atoms. The van der Waals surface area contributed by atoms with Crippen molar-refractivity contribution in [1.29, 1.82) is 0 Å². The summed E-state index contributed by atoms with van der Waals surface area (Å²) in [5, 5.41) is 11.4. The number of halogens is 1. The summed E-state index contributed by atoms with van der Waals surface area (Å²) in [7, 11) is 0. The second-order valence-corrected chi connectivity index (χ2v) is 7.27. The first kappa shape index (κ1) is 16.0. The standard InChI is InChI=1S/C12H17ClNO4P/c1-9(2)8-11(12(15)16)14-19(13,17)18-10-6-4-3-5-7-10/h3-7,9,11H,8H2,1-2H3,(H,14,17)(H,15,16). The molecule has 2 atom stereocenters. The van der Waals surface area contributed by atoms with Crippen molar-refractivity contribution in [2.24, 2.45) is 5.92 Å². The van der Waals surface area contributed by atoms with E-state index in [0.29, 0.717) is 12.2 Å². The maximum Gasteiger partial charge on any atom is 0.409 e. The number of benzene rings is 1. The molecule has 106 valence electrons. The van der Waals surface area contributed by atoms with Gasteiger partial charge in [-0.1, -0.05) is 32.0 Å². The zero-order chi connectivity index (χ0) is 14.5. The van der Waals surface area contributed by atoms with Gasteiger partial charge in [-0.25, -0.2) is 9.65 Å². The van der Waals surface area contributed by atoms with Crippen molar-refractivity contribution in [1.82, 2.24) is 5.09 Å². The van der Waals surface area contributed by atoms with Crippen LogP contribution in [0.2, 0.25) is 0 Å². The van der Waals surface area contributed by atoms with E-state index in [1.807, 2.05) is 13.8 Å². The Morgan fingerprint density at radius 1 is 1.42 bits per heavy atom. The number of aliphatic carboxylic acids is 1. The van der Waals surface area contributed by atoms with Crippen LogP contribution in [0.15, 0.2) is 30.3 Å². The number of rotatable bonds is 7. The molecule has 0 saturated carbocycles. The maximum atomic E-state index is 12.0. The molecule has 0 fully saturated rings. The molecule has 5 nitrogen and oxygen atoms in total. The van der Waals surface area contributed by atoms with Gasteiger partial charge in [0, 0.05) is 11.2 Å².